The number of carbonyl (C=O) groups excluding carboxylic acids is 2. The molecule has 2 N–H and O–H groups in total. The Morgan fingerprint density at radius 3 is 2.66 bits per heavy atom. The number of benzene rings is 1. The predicted octanol–water partition coefficient (Wildman–Crippen LogP) is 4.73. The summed E-state index contributed by atoms with van der Waals surface area (Å²) in [6.07, 6.45) is 9.44. The number of nitrogens with two attached hydrogens (primary N) is 1. The molecule has 166 valence electrons. The van der Waals surface area contributed by atoms with Crippen LogP contribution in [-0.2, 0) is 4.79 Å². The number of amides is 2. The molecular formula is C26H29N3O3. The Hall–Kier alpha value is -3.80. The fourth-order valence-electron chi connectivity index (χ4n) is 3.84. The van der Waals surface area contributed by atoms with E-state index in [1.807, 2.05) is 56.4 Å². The van der Waals surface area contributed by atoms with Crippen molar-refractivity contribution in [3.05, 3.63) is 102 Å². The second-order valence-corrected chi connectivity index (χ2v) is 7.91. The van der Waals surface area contributed by atoms with Crippen LogP contribution >= 0.6 is 0 Å². The van der Waals surface area contributed by atoms with Crippen molar-refractivity contribution in [3.63, 3.8) is 0 Å². The van der Waals surface area contributed by atoms with Gasteiger partial charge in [-0.1, -0.05) is 55.7 Å². The third kappa shape index (κ3) is 4.75. The molecular weight excluding hydrogens is 402 g/mol. The van der Waals surface area contributed by atoms with Crippen LogP contribution in [0.3, 0.4) is 0 Å². The molecule has 6 heteroatoms. The lowest BCUT2D eigenvalue weighted by Crippen LogP contribution is -2.52. The zero-order chi connectivity index (χ0) is 23.4. The van der Waals surface area contributed by atoms with Crippen molar-refractivity contribution in [2.24, 2.45) is 5.73 Å². The number of piperazine rings is 1. The summed E-state index contributed by atoms with van der Waals surface area (Å²) in [5.41, 5.74) is 9.99. The summed E-state index contributed by atoms with van der Waals surface area (Å²) in [5.74, 6) is 0.330. The molecule has 32 heavy (non-hydrogen) atoms. The second-order valence-electron chi connectivity index (χ2n) is 7.91. The first-order chi connectivity index (χ1) is 15.2. The molecule has 2 aliphatic rings. The monoisotopic (exact) mass is 431 g/mol. The van der Waals surface area contributed by atoms with Crippen LogP contribution < -0.4 is 10.5 Å². The molecule has 1 unspecified atom stereocenters. The Labute approximate surface area is 189 Å². The van der Waals surface area contributed by atoms with Crippen LogP contribution in [0.2, 0.25) is 0 Å². The van der Waals surface area contributed by atoms with E-state index in [9.17, 15) is 9.59 Å². The van der Waals surface area contributed by atoms with Gasteiger partial charge in [-0.2, -0.15) is 0 Å². The molecule has 0 aromatic heterocycles. The number of hydrogen-bond donors (Lipinski definition) is 1. The molecule has 3 rings (SSSR count). The van der Waals surface area contributed by atoms with E-state index in [4.69, 9.17) is 10.5 Å². The average molecular weight is 432 g/mol. The molecule has 1 saturated heterocycles. The highest BCUT2D eigenvalue weighted by Crippen LogP contribution is 2.31. The average Bonchev–Trinajstić information content (AvgIpc) is 2.95. The Balaban J connectivity index is 2.00. The quantitative estimate of drug-likeness (QED) is 0.751. The molecule has 6 nitrogen and oxygen atoms in total. The van der Waals surface area contributed by atoms with Crippen molar-refractivity contribution in [1.29, 1.82) is 0 Å². The molecule has 1 fully saturated rings. The zero-order valence-corrected chi connectivity index (χ0v) is 18.8. The molecule has 0 spiro atoms. The van der Waals surface area contributed by atoms with Crippen LogP contribution in [0.5, 0.6) is 5.75 Å². The molecule has 1 aromatic carbocycles. The van der Waals surface area contributed by atoms with Gasteiger partial charge in [-0.15, -0.1) is 0 Å². The summed E-state index contributed by atoms with van der Waals surface area (Å²) in [7, 11) is 0. The highest BCUT2D eigenvalue weighted by molar-refractivity contribution is 5.80. The summed E-state index contributed by atoms with van der Waals surface area (Å²) >= 11 is 0. The standard InChI is InChI=1S/C26H29N3O3/c1-17-11-9-10-14-25(17)32-26(31)28-16-19(3)29(21(5)30)20(4)24(28)15-18(2)22-12-7-6-8-13-23(22)27/h6-12,14-15,19H,2,4,13,16,27H2,1,3,5H3/b24-15+. The Kier molecular flexibility index (Phi) is 6.83. The number of rotatable bonds is 3. The minimum Gasteiger partial charge on any atom is -0.410 e. The molecule has 0 bridgehead atoms. The maximum atomic E-state index is 13.2. The first kappa shape index (κ1) is 22.9. The Morgan fingerprint density at radius 1 is 1.25 bits per heavy atom. The van der Waals surface area contributed by atoms with Crippen LogP contribution in [0.4, 0.5) is 4.79 Å². The number of ether oxygens (including phenoxy) is 1. The van der Waals surface area contributed by atoms with Gasteiger partial charge in [-0.25, -0.2) is 4.79 Å². The Morgan fingerprint density at radius 2 is 1.97 bits per heavy atom. The van der Waals surface area contributed by atoms with Gasteiger partial charge in [0.1, 0.15) is 5.75 Å². The van der Waals surface area contributed by atoms with E-state index in [1.54, 1.807) is 17.0 Å². The van der Waals surface area contributed by atoms with Crippen LogP contribution in [0.1, 0.15) is 25.8 Å². The fourth-order valence-corrected chi connectivity index (χ4v) is 3.84. The second kappa shape index (κ2) is 9.56. The van der Waals surface area contributed by atoms with Crippen molar-refractivity contribution < 1.29 is 14.3 Å². The number of hydrogen-bond acceptors (Lipinski definition) is 4. The zero-order valence-electron chi connectivity index (χ0n) is 18.8. The molecule has 1 aliphatic carbocycles. The lowest BCUT2D eigenvalue weighted by atomic mass is 10.0. The summed E-state index contributed by atoms with van der Waals surface area (Å²) in [5, 5.41) is 0. The van der Waals surface area contributed by atoms with E-state index in [0.29, 0.717) is 34.8 Å². The van der Waals surface area contributed by atoms with Crippen LogP contribution in [0.25, 0.3) is 0 Å². The van der Waals surface area contributed by atoms with Gasteiger partial charge in [0.15, 0.2) is 0 Å². The van der Waals surface area contributed by atoms with Crippen molar-refractivity contribution >= 4 is 12.0 Å². The first-order valence-electron chi connectivity index (χ1n) is 10.5. The molecule has 1 aliphatic heterocycles. The van der Waals surface area contributed by atoms with Gasteiger partial charge in [0.25, 0.3) is 0 Å². The SMILES string of the molecule is C=C(/C=C1\C(=C)N(C(C)=O)C(C)CN1C(=O)Oc1ccccc1C)C1=C(N)CC=CC=C1. The summed E-state index contributed by atoms with van der Waals surface area (Å²) in [4.78, 5) is 28.6. The number of para-hydroxylation sites is 1. The van der Waals surface area contributed by atoms with Gasteiger partial charge >= 0.3 is 6.09 Å². The molecule has 0 saturated carbocycles. The summed E-state index contributed by atoms with van der Waals surface area (Å²) in [6.45, 7) is 13.8. The lowest BCUT2D eigenvalue weighted by Gasteiger charge is -2.42. The molecule has 1 atom stereocenters. The maximum Gasteiger partial charge on any atom is 0.419 e. The van der Waals surface area contributed by atoms with Crippen molar-refractivity contribution in [1.82, 2.24) is 9.80 Å². The van der Waals surface area contributed by atoms with Crippen LogP contribution in [-0.4, -0.2) is 34.4 Å². The van der Waals surface area contributed by atoms with E-state index < -0.39 is 6.09 Å². The van der Waals surface area contributed by atoms with E-state index in [1.165, 1.54) is 11.8 Å². The van der Waals surface area contributed by atoms with Gasteiger partial charge in [-0.3, -0.25) is 9.69 Å². The fraction of sp³-hybridized carbons (Fsp3) is 0.231. The summed E-state index contributed by atoms with van der Waals surface area (Å²) in [6, 6.07) is 7.05. The van der Waals surface area contributed by atoms with E-state index in [0.717, 1.165) is 11.1 Å². The summed E-state index contributed by atoms with van der Waals surface area (Å²) < 4.78 is 5.69. The van der Waals surface area contributed by atoms with Gasteiger partial charge in [-0.05, 0) is 37.1 Å². The first-order valence-corrected chi connectivity index (χ1v) is 10.5. The highest BCUT2D eigenvalue weighted by atomic mass is 16.6. The molecule has 1 aromatic rings. The van der Waals surface area contributed by atoms with E-state index >= 15 is 0 Å². The van der Waals surface area contributed by atoms with E-state index in [-0.39, 0.29) is 18.5 Å². The highest BCUT2D eigenvalue weighted by Gasteiger charge is 2.36. The van der Waals surface area contributed by atoms with Crippen molar-refractivity contribution in [2.75, 3.05) is 6.54 Å². The number of carbonyl (C=O) groups is 2. The Bertz CT molecular complexity index is 1090. The largest absolute Gasteiger partial charge is 0.419 e. The van der Waals surface area contributed by atoms with Gasteiger partial charge in [0, 0.05) is 31.2 Å². The van der Waals surface area contributed by atoms with E-state index in [2.05, 4.69) is 13.2 Å². The third-order valence-corrected chi connectivity index (χ3v) is 5.47. The number of aryl methyl sites for hydroxylation is 1. The molecule has 1 heterocycles. The molecule has 2 amide bonds. The van der Waals surface area contributed by atoms with Gasteiger partial charge < -0.3 is 15.4 Å². The smallest absolute Gasteiger partial charge is 0.410 e. The minimum absolute atomic E-state index is 0.150. The number of allylic oxidation sites excluding steroid dienone is 7. The van der Waals surface area contributed by atoms with Crippen LogP contribution in [0.15, 0.2) is 96.0 Å². The maximum absolute atomic E-state index is 13.2. The molecule has 0 radical (unpaired) electrons. The normalized spacial score (nSPS) is 19.9. The van der Waals surface area contributed by atoms with Gasteiger partial charge in [0.05, 0.1) is 17.4 Å². The minimum atomic E-state index is -0.547. The topological polar surface area (TPSA) is 75.9 Å². The van der Waals surface area contributed by atoms with Gasteiger partial charge in [0.2, 0.25) is 5.91 Å². The van der Waals surface area contributed by atoms with Crippen molar-refractivity contribution in [3.8, 4) is 5.75 Å². The third-order valence-electron chi connectivity index (χ3n) is 5.47. The van der Waals surface area contributed by atoms with Crippen molar-refractivity contribution in [2.45, 2.75) is 33.2 Å². The number of nitrogens with zero attached hydrogens (tertiary/aromatic N) is 2. The predicted molar refractivity (Wildman–Crippen MR) is 126 cm³/mol. The lowest BCUT2D eigenvalue weighted by molar-refractivity contribution is -0.129. The van der Waals surface area contributed by atoms with Crippen LogP contribution in [0, 0.1) is 6.92 Å².